The molecule has 1 aromatic carbocycles. The molecule has 2 rings (SSSR count). The fourth-order valence-electron chi connectivity index (χ4n) is 1.70. The summed E-state index contributed by atoms with van der Waals surface area (Å²) in [6.45, 7) is 1.68. The maximum Gasteiger partial charge on any atom is 0.264 e. The molecule has 1 aromatic heterocycles. The molecule has 21 heavy (non-hydrogen) atoms. The first-order chi connectivity index (χ1) is 9.83. The third-order valence-corrected chi connectivity index (χ3v) is 4.59. The van der Waals surface area contributed by atoms with Crippen molar-refractivity contribution in [1.82, 2.24) is 4.98 Å². The van der Waals surface area contributed by atoms with Gasteiger partial charge in [0.1, 0.15) is 10.7 Å². The summed E-state index contributed by atoms with van der Waals surface area (Å²) in [4.78, 5) is 3.52. The lowest BCUT2D eigenvalue weighted by Gasteiger charge is -2.11. The van der Waals surface area contributed by atoms with E-state index >= 15 is 0 Å². The molecule has 0 unspecified atom stereocenters. The van der Waals surface area contributed by atoms with Gasteiger partial charge in [0.25, 0.3) is 10.0 Å². The van der Waals surface area contributed by atoms with Gasteiger partial charge in [-0.2, -0.15) is 0 Å². The van der Waals surface area contributed by atoms with E-state index in [0.717, 1.165) is 5.69 Å². The SMILES string of the molecule is Cc1ccc(NS(=O)(=O)c2cc(Br)cc(CN)c2F)cn1. The van der Waals surface area contributed by atoms with Crippen molar-refractivity contribution in [2.75, 3.05) is 4.72 Å². The van der Waals surface area contributed by atoms with E-state index < -0.39 is 20.7 Å². The first-order valence-corrected chi connectivity index (χ1v) is 8.24. The Morgan fingerprint density at radius 3 is 2.67 bits per heavy atom. The van der Waals surface area contributed by atoms with Gasteiger partial charge in [0.2, 0.25) is 0 Å². The van der Waals surface area contributed by atoms with Crippen LogP contribution in [0.3, 0.4) is 0 Å². The highest BCUT2D eigenvalue weighted by molar-refractivity contribution is 9.10. The van der Waals surface area contributed by atoms with Crippen LogP contribution in [0, 0.1) is 12.7 Å². The fraction of sp³-hybridized carbons (Fsp3) is 0.154. The minimum Gasteiger partial charge on any atom is -0.326 e. The number of anilines is 1. The van der Waals surface area contributed by atoms with Crippen molar-refractivity contribution in [1.29, 1.82) is 0 Å². The standard InChI is InChI=1S/C13H13BrFN3O2S/c1-8-2-3-11(7-17-8)18-21(19,20)12-5-10(14)4-9(6-16)13(12)15/h2-5,7,18H,6,16H2,1H3. The number of halogens is 2. The van der Waals surface area contributed by atoms with Crippen molar-refractivity contribution in [2.45, 2.75) is 18.4 Å². The van der Waals surface area contributed by atoms with Crippen LogP contribution in [0.25, 0.3) is 0 Å². The molecule has 0 radical (unpaired) electrons. The maximum atomic E-state index is 14.2. The normalized spacial score (nSPS) is 11.4. The Kier molecular flexibility index (Phi) is 4.60. The van der Waals surface area contributed by atoms with Crippen molar-refractivity contribution in [2.24, 2.45) is 5.73 Å². The summed E-state index contributed by atoms with van der Waals surface area (Å²) in [5, 5.41) is 0. The molecule has 0 aliphatic rings. The number of hydrogen-bond donors (Lipinski definition) is 2. The Morgan fingerprint density at radius 2 is 2.10 bits per heavy atom. The highest BCUT2D eigenvalue weighted by Crippen LogP contribution is 2.25. The van der Waals surface area contributed by atoms with Gasteiger partial charge in [0.15, 0.2) is 0 Å². The van der Waals surface area contributed by atoms with Crippen LogP contribution in [-0.2, 0) is 16.6 Å². The van der Waals surface area contributed by atoms with Crippen LogP contribution in [0.4, 0.5) is 10.1 Å². The second-order valence-corrected chi connectivity index (χ2v) is 6.94. The number of nitrogens with zero attached hydrogens (tertiary/aromatic N) is 1. The van der Waals surface area contributed by atoms with Gasteiger partial charge in [-0.3, -0.25) is 9.71 Å². The van der Waals surface area contributed by atoms with Crippen LogP contribution in [0.2, 0.25) is 0 Å². The van der Waals surface area contributed by atoms with Gasteiger partial charge in [-0.25, -0.2) is 12.8 Å². The average Bonchev–Trinajstić information content (AvgIpc) is 2.43. The monoisotopic (exact) mass is 373 g/mol. The molecule has 1 heterocycles. The first kappa shape index (κ1) is 15.9. The molecule has 8 heteroatoms. The topological polar surface area (TPSA) is 85.1 Å². The van der Waals surface area contributed by atoms with Gasteiger partial charge in [-0.1, -0.05) is 15.9 Å². The van der Waals surface area contributed by atoms with E-state index in [4.69, 9.17) is 5.73 Å². The van der Waals surface area contributed by atoms with Crippen LogP contribution in [0.5, 0.6) is 0 Å². The van der Waals surface area contributed by atoms with E-state index in [0.29, 0.717) is 4.47 Å². The molecule has 0 amide bonds. The molecule has 3 N–H and O–H groups in total. The molecule has 0 aliphatic carbocycles. The van der Waals surface area contributed by atoms with Gasteiger partial charge in [0, 0.05) is 22.3 Å². The first-order valence-electron chi connectivity index (χ1n) is 5.97. The smallest absolute Gasteiger partial charge is 0.264 e. The van der Waals surface area contributed by atoms with E-state index in [-0.39, 0.29) is 17.8 Å². The lowest BCUT2D eigenvalue weighted by molar-refractivity contribution is 0.560. The number of benzene rings is 1. The van der Waals surface area contributed by atoms with Crippen molar-refractivity contribution < 1.29 is 12.8 Å². The maximum absolute atomic E-state index is 14.2. The molecular formula is C13H13BrFN3O2S. The number of nitrogens with two attached hydrogens (primary N) is 1. The summed E-state index contributed by atoms with van der Waals surface area (Å²) in [6, 6.07) is 5.85. The molecule has 0 fully saturated rings. The number of sulfonamides is 1. The van der Waals surface area contributed by atoms with Crippen molar-refractivity contribution in [3.05, 3.63) is 52.0 Å². The van der Waals surface area contributed by atoms with Gasteiger partial charge < -0.3 is 5.73 Å². The number of nitrogens with one attached hydrogen (secondary N) is 1. The minimum absolute atomic E-state index is 0.0973. The molecular weight excluding hydrogens is 361 g/mol. The number of aryl methyl sites for hydroxylation is 1. The van der Waals surface area contributed by atoms with E-state index in [2.05, 4.69) is 25.6 Å². The molecule has 0 bridgehead atoms. The molecule has 0 spiro atoms. The predicted octanol–water partition coefficient (Wildman–Crippen LogP) is 2.55. The molecule has 0 saturated heterocycles. The minimum atomic E-state index is -4.06. The molecule has 112 valence electrons. The summed E-state index contributed by atoms with van der Waals surface area (Å²) in [5.74, 6) is -0.853. The molecule has 2 aromatic rings. The zero-order valence-electron chi connectivity index (χ0n) is 11.1. The van der Waals surface area contributed by atoms with Gasteiger partial charge in [0.05, 0.1) is 11.9 Å². The number of pyridine rings is 1. The highest BCUT2D eigenvalue weighted by Gasteiger charge is 2.22. The summed E-state index contributed by atoms with van der Waals surface area (Å²) in [7, 11) is -4.06. The number of hydrogen-bond acceptors (Lipinski definition) is 4. The van der Waals surface area contributed by atoms with E-state index in [1.54, 1.807) is 19.1 Å². The molecule has 5 nitrogen and oxygen atoms in total. The van der Waals surface area contributed by atoms with Gasteiger partial charge in [-0.15, -0.1) is 0 Å². The zero-order chi connectivity index (χ0) is 15.6. The zero-order valence-corrected chi connectivity index (χ0v) is 13.5. The second-order valence-electron chi connectivity index (χ2n) is 4.37. The lowest BCUT2D eigenvalue weighted by atomic mass is 10.2. The van der Waals surface area contributed by atoms with E-state index in [1.807, 2.05) is 0 Å². The summed E-state index contributed by atoms with van der Waals surface area (Å²) >= 11 is 3.15. The van der Waals surface area contributed by atoms with E-state index in [9.17, 15) is 12.8 Å². The molecule has 0 aliphatic heterocycles. The Bertz CT molecular complexity index is 764. The Balaban J connectivity index is 2.44. The third-order valence-electron chi connectivity index (χ3n) is 2.75. The van der Waals surface area contributed by atoms with E-state index in [1.165, 1.54) is 18.3 Å². The molecule has 0 saturated carbocycles. The summed E-state index contributed by atoms with van der Waals surface area (Å²) in [6.07, 6.45) is 1.37. The van der Waals surface area contributed by atoms with Crippen LogP contribution in [-0.4, -0.2) is 13.4 Å². The molecule has 0 atom stereocenters. The Labute approximate surface area is 130 Å². The number of aromatic nitrogens is 1. The van der Waals surface area contributed by atoms with Crippen LogP contribution in [0.15, 0.2) is 39.8 Å². The van der Waals surface area contributed by atoms with Crippen LogP contribution < -0.4 is 10.5 Å². The van der Waals surface area contributed by atoms with Crippen LogP contribution >= 0.6 is 15.9 Å². The quantitative estimate of drug-likeness (QED) is 0.862. The Morgan fingerprint density at radius 1 is 1.38 bits per heavy atom. The predicted molar refractivity (Wildman–Crippen MR) is 81.8 cm³/mol. The van der Waals surface area contributed by atoms with Gasteiger partial charge >= 0.3 is 0 Å². The van der Waals surface area contributed by atoms with Crippen molar-refractivity contribution in [3.63, 3.8) is 0 Å². The number of rotatable bonds is 4. The second kappa shape index (κ2) is 6.08. The fourth-order valence-corrected chi connectivity index (χ4v) is 3.55. The third kappa shape index (κ3) is 3.58. The van der Waals surface area contributed by atoms with Crippen molar-refractivity contribution in [3.8, 4) is 0 Å². The Hall–Kier alpha value is -1.51. The summed E-state index contributed by atoms with van der Waals surface area (Å²) in [5.41, 5.74) is 6.54. The highest BCUT2D eigenvalue weighted by atomic mass is 79.9. The van der Waals surface area contributed by atoms with Crippen molar-refractivity contribution >= 4 is 31.6 Å². The largest absolute Gasteiger partial charge is 0.326 e. The van der Waals surface area contributed by atoms with Gasteiger partial charge in [-0.05, 0) is 31.2 Å². The summed E-state index contributed by atoms with van der Waals surface area (Å²) < 4.78 is 41.5. The lowest BCUT2D eigenvalue weighted by Crippen LogP contribution is -2.16. The average molecular weight is 374 g/mol. The van der Waals surface area contributed by atoms with Crippen LogP contribution in [0.1, 0.15) is 11.3 Å².